The van der Waals surface area contributed by atoms with Gasteiger partial charge in [-0.15, -0.1) is 0 Å². The molecule has 0 unspecified atom stereocenters. The minimum absolute atomic E-state index is 0.154. The minimum atomic E-state index is -0.481. The number of fused-ring (bicyclic) bond motifs is 9. The van der Waals surface area contributed by atoms with Gasteiger partial charge in [-0.3, -0.25) is 4.57 Å². The van der Waals surface area contributed by atoms with E-state index in [1.165, 1.54) is 34.6 Å². The van der Waals surface area contributed by atoms with Crippen LogP contribution in [0.25, 0.3) is 60.8 Å². The molecule has 0 spiro atoms. The first-order valence-electron chi connectivity index (χ1n) is 16.4. The van der Waals surface area contributed by atoms with Crippen LogP contribution in [0.15, 0.2) is 144 Å². The fourth-order valence-electron chi connectivity index (χ4n) is 7.92. The van der Waals surface area contributed by atoms with E-state index in [1.54, 1.807) is 0 Å². The van der Waals surface area contributed by atoms with Crippen molar-refractivity contribution in [2.45, 2.75) is 19.3 Å². The van der Waals surface area contributed by atoms with Crippen LogP contribution in [0.1, 0.15) is 25.0 Å². The predicted octanol–water partition coefficient (Wildman–Crippen LogP) is 11.4. The van der Waals surface area contributed by atoms with E-state index in [0.717, 1.165) is 60.8 Å². The van der Waals surface area contributed by atoms with E-state index in [2.05, 4.69) is 132 Å². The topological polar surface area (TPSA) is 47.1 Å². The normalized spacial score (nSPS) is 13.4. The van der Waals surface area contributed by atoms with Crippen molar-refractivity contribution in [1.29, 1.82) is 0 Å². The van der Waals surface area contributed by atoms with E-state index >= 15 is 0 Å². The Balaban J connectivity index is 1.30. The first kappa shape index (κ1) is 27.8. The molecule has 49 heavy (non-hydrogen) atoms. The van der Waals surface area contributed by atoms with Gasteiger partial charge in [-0.2, -0.15) is 0 Å². The maximum Gasteiger partial charge on any atom is 0.234 e. The molecule has 6 heteroatoms. The molecule has 234 valence electrons. The average molecular weight is 637 g/mol. The molecule has 0 amide bonds. The van der Waals surface area contributed by atoms with Gasteiger partial charge >= 0.3 is 0 Å². The highest BCUT2D eigenvalue weighted by atomic mass is 19.1. The number of benzene rings is 6. The van der Waals surface area contributed by atoms with E-state index in [0.29, 0.717) is 5.95 Å². The molecule has 0 fully saturated rings. The SMILES string of the molecule is CC1(C)c2ccccc2-c2ccc(N(c3ccccc3)c3cccc4c3c3cc5oc6ccccc6c5cc3n4-c3ncc(F)cn3)cc21. The zero-order chi connectivity index (χ0) is 32.9. The van der Waals surface area contributed by atoms with Crippen LogP contribution < -0.4 is 4.90 Å². The van der Waals surface area contributed by atoms with Crippen molar-refractivity contribution in [3.05, 3.63) is 157 Å². The van der Waals surface area contributed by atoms with Crippen LogP contribution in [-0.4, -0.2) is 14.5 Å². The number of furan rings is 1. The number of halogens is 1. The van der Waals surface area contributed by atoms with Crippen molar-refractivity contribution in [1.82, 2.24) is 14.5 Å². The molecule has 9 aromatic rings. The molecule has 0 radical (unpaired) electrons. The highest BCUT2D eigenvalue weighted by Gasteiger charge is 2.36. The quantitative estimate of drug-likeness (QED) is 0.193. The number of nitrogens with zero attached hydrogens (tertiary/aromatic N) is 4. The standard InChI is InChI=1S/C43H29FN4O/c1-43(2)34-15-8-6-13-29(34)30-20-19-28(21-35(30)43)47(27-11-4-3-5-12-27)36-16-10-17-37-41(36)33-23-40-32(31-14-7-9-18-39(31)49-40)22-38(33)48(37)42-45-24-26(44)25-46-42/h3-25H,1-2H3. The summed E-state index contributed by atoms with van der Waals surface area (Å²) in [7, 11) is 0. The third-order valence-corrected chi connectivity index (χ3v) is 10.2. The van der Waals surface area contributed by atoms with Crippen molar-refractivity contribution < 1.29 is 8.81 Å². The third-order valence-electron chi connectivity index (χ3n) is 10.2. The predicted molar refractivity (Wildman–Crippen MR) is 196 cm³/mol. The van der Waals surface area contributed by atoms with Crippen molar-refractivity contribution >= 4 is 60.8 Å². The van der Waals surface area contributed by atoms with E-state index < -0.39 is 5.82 Å². The Morgan fingerprint density at radius 1 is 0.612 bits per heavy atom. The zero-order valence-electron chi connectivity index (χ0n) is 26.9. The Morgan fingerprint density at radius 3 is 2.22 bits per heavy atom. The molecule has 5 nitrogen and oxygen atoms in total. The number of hydrogen-bond donors (Lipinski definition) is 0. The Kier molecular flexibility index (Phi) is 5.74. The first-order chi connectivity index (χ1) is 24.0. The Labute approximate surface area is 281 Å². The summed E-state index contributed by atoms with van der Waals surface area (Å²) in [6, 6.07) is 44.7. The van der Waals surface area contributed by atoms with Gasteiger partial charge in [-0.25, -0.2) is 14.4 Å². The van der Waals surface area contributed by atoms with Crippen LogP contribution in [-0.2, 0) is 5.41 Å². The van der Waals surface area contributed by atoms with Gasteiger partial charge in [0.05, 0.1) is 29.1 Å². The van der Waals surface area contributed by atoms with Gasteiger partial charge in [0.2, 0.25) is 5.95 Å². The highest BCUT2D eigenvalue weighted by molar-refractivity contribution is 6.21. The van der Waals surface area contributed by atoms with Gasteiger partial charge < -0.3 is 9.32 Å². The second-order valence-corrected chi connectivity index (χ2v) is 13.2. The molecular weight excluding hydrogens is 607 g/mol. The van der Waals surface area contributed by atoms with Crippen molar-refractivity contribution in [3.63, 3.8) is 0 Å². The van der Waals surface area contributed by atoms with Gasteiger partial charge in [0.1, 0.15) is 11.2 Å². The highest BCUT2D eigenvalue weighted by Crippen LogP contribution is 2.51. The molecule has 0 aliphatic heterocycles. The lowest BCUT2D eigenvalue weighted by Crippen LogP contribution is -2.16. The van der Waals surface area contributed by atoms with Crippen LogP contribution in [0.5, 0.6) is 0 Å². The minimum Gasteiger partial charge on any atom is -0.456 e. The van der Waals surface area contributed by atoms with Crippen LogP contribution in [0, 0.1) is 5.82 Å². The number of anilines is 3. The molecule has 10 rings (SSSR count). The summed E-state index contributed by atoms with van der Waals surface area (Å²) in [6.45, 7) is 4.62. The Bertz CT molecular complexity index is 2760. The van der Waals surface area contributed by atoms with Gasteiger partial charge in [0, 0.05) is 38.3 Å². The maximum atomic E-state index is 14.1. The molecule has 0 atom stereocenters. The fraction of sp³-hybridized carbons (Fsp3) is 0.0698. The van der Waals surface area contributed by atoms with E-state index in [9.17, 15) is 4.39 Å². The summed E-state index contributed by atoms with van der Waals surface area (Å²) in [4.78, 5) is 11.2. The summed E-state index contributed by atoms with van der Waals surface area (Å²) in [6.07, 6.45) is 2.44. The van der Waals surface area contributed by atoms with Gasteiger partial charge in [-0.1, -0.05) is 86.6 Å². The zero-order valence-corrected chi connectivity index (χ0v) is 26.9. The van der Waals surface area contributed by atoms with E-state index in [-0.39, 0.29) is 5.41 Å². The Hall–Kier alpha value is -6.27. The summed E-state index contributed by atoms with van der Waals surface area (Å²) in [5, 5.41) is 4.03. The largest absolute Gasteiger partial charge is 0.456 e. The molecule has 0 N–H and O–H groups in total. The molecule has 1 aliphatic rings. The van der Waals surface area contributed by atoms with Gasteiger partial charge in [-0.05, 0) is 76.9 Å². The average Bonchev–Trinajstić information content (AvgIpc) is 3.74. The summed E-state index contributed by atoms with van der Waals surface area (Å²) in [5.41, 5.74) is 11.6. The number of hydrogen-bond acceptors (Lipinski definition) is 4. The van der Waals surface area contributed by atoms with Crippen molar-refractivity contribution in [2.24, 2.45) is 0 Å². The summed E-state index contributed by atoms with van der Waals surface area (Å²) in [5.74, 6) is -0.0839. The smallest absolute Gasteiger partial charge is 0.234 e. The Morgan fingerprint density at radius 2 is 1.37 bits per heavy atom. The van der Waals surface area contributed by atoms with Crippen LogP contribution in [0.4, 0.5) is 21.5 Å². The van der Waals surface area contributed by atoms with Crippen LogP contribution >= 0.6 is 0 Å². The molecular formula is C43H29FN4O. The number of aromatic nitrogens is 3. The molecule has 0 saturated heterocycles. The lowest BCUT2D eigenvalue weighted by molar-refractivity contribution is 0.611. The van der Waals surface area contributed by atoms with Crippen molar-refractivity contribution in [3.8, 4) is 17.1 Å². The summed E-state index contributed by atoms with van der Waals surface area (Å²) < 4.78 is 22.6. The van der Waals surface area contributed by atoms with E-state index in [4.69, 9.17) is 4.42 Å². The second-order valence-electron chi connectivity index (χ2n) is 13.2. The molecule has 3 aromatic heterocycles. The van der Waals surface area contributed by atoms with E-state index in [1.807, 2.05) is 28.8 Å². The fourth-order valence-corrected chi connectivity index (χ4v) is 7.92. The molecule has 3 heterocycles. The molecule has 0 saturated carbocycles. The number of rotatable bonds is 4. The third kappa shape index (κ3) is 3.97. The molecule has 1 aliphatic carbocycles. The van der Waals surface area contributed by atoms with Crippen LogP contribution in [0.3, 0.4) is 0 Å². The second kappa shape index (κ2) is 10.1. The van der Waals surface area contributed by atoms with Crippen molar-refractivity contribution in [2.75, 3.05) is 4.90 Å². The monoisotopic (exact) mass is 636 g/mol. The maximum absolute atomic E-state index is 14.1. The molecule has 6 aromatic carbocycles. The lowest BCUT2D eigenvalue weighted by atomic mass is 9.82. The lowest BCUT2D eigenvalue weighted by Gasteiger charge is -2.28. The summed E-state index contributed by atoms with van der Waals surface area (Å²) >= 11 is 0. The van der Waals surface area contributed by atoms with Crippen LogP contribution in [0.2, 0.25) is 0 Å². The van der Waals surface area contributed by atoms with Gasteiger partial charge in [0.25, 0.3) is 0 Å². The van der Waals surface area contributed by atoms with Gasteiger partial charge in [0.15, 0.2) is 5.82 Å². The molecule has 0 bridgehead atoms. The first-order valence-corrected chi connectivity index (χ1v) is 16.4. The number of para-hydroxylation sites is 2.